The summed E-state index contributed by atoms with van der Waals surface area (Å²) < 4.78 is 6.56. The van der Waals surface area contributed by atoms with Crippen molar-refractivity contribution in [2.45, 2.75) is 76.7 Å². The van der Waals surface area contributed by atoms with Gasteiger partial charge in [-0.3, -0.25) is 29.0 Å². The van der Waals surface area contributed by atoms with Gasteiger partial charge in [0.25, 0.3) is 0 Å². The Morgan fingerprint density at radius 2 is 0.842 bits per heavy atom. The van der Waals surface area contributed by atoms with Crippen molar-refractivity contribution in [3.63, 3.8) is 0 Å². The Morgan fingerprint density at radius 1 is 0.509 bits per heavy atom. The molecule has 0 atom stereocenters. The van der Waals surface area contributed by atoms with E-state index in [1.165, 1.54) is 11.1 Å². The van der Waals surface area contributed by atoms with Crippen LogP contribution < -0.4 is 22.1 Å². The molecule has 13 heteroatoms. The maximum absolute atomic E-state index is 12.8. The second-order valence-corrected chi connectivity index (χ2v) is 16.7. The number of nitrogens with two attached hydrogens (primary N) is 2. The molecule has 2 aromatic carbocycles. The lowest BCUT2D eigenvalue weighted by molar-refractivity contribution is -0.124. The largest absolute Gasteiger partial charge is 0.375 e. The normalized spacial score (nSPS) is 20.5. The lowest BCUT2D eigenvalue weighted by atomic mass is 9.96. The average Bonchev–Trinajstić information content (AvgIpc) is 3.23. The van der Waals surface area contributed by atoms with Gasteiger partial charge in [0, 0.05) is 88.4 Å². The third-order valence-corrected chi connectivity index (χ3v) is 12.6. The number of Topliss-reactive ketones (excluding diaryl/α,β-unsaturated/α-hetero) is 2. The Hall–Kier alpha value is -3.56. The molecule has 4 aliphatic rings. The molecule has 6 rings (SSSR count). The standard InChI is InChI=1S/C44H66N8O5/c45-43(55)37-9-19-51(20-10-37)31-33-1-5-35(6-2-33)41(53)29-47-17-27-49-23-13-39(14-24-49)57-40-15-25-50(26-16-40)28-18-48-30-42(54)36-7-3-34(4-8-36)32-52-21-11-38(12-22-52)44(46)56/h1-8,37-40,47-48H,9-32H2,(H2,45,55)(H2,46,56). The van der Waals surface area contributed by atoms with Gasteiger partial charge in [0.05, 0.1) is 25.3 Å². The van der Waals surface area contributed by atoms with Crippen LogP contribution in [0.25, 0.3) is 0 Å². The molecule has 2 amide bonds. The predicted octanol–water partition coefficient (Wildman–Crippen LogP) is 2.27. The SMILES string of the molecule is NC(=O)C1CCN(Cc2ccc(C(=O)CNCCN3CCC(OC4CCN(CCNCC(=O)c5ccc(CN6CCC(C(N)=O)CC6)cc5)CC4)CC3)cc2)CC1. The Morgan fingerprint density at radius 3 is 1.18 bits per heavy atom. The topological polar surface area (TPSA) is 167 Å². The van der Waals surface area contributed by atoms with Crippen molar-refractivity contribution in [3.8, 4) is 0 Å². The maximum Gasteiger partial charge on any atom is 0.220 e. The summed E-state index contributed by atoms with van der Waals surface area (Å²) >= 11 is 0. The van der Waals surface area contributed by atoms with Crippen molar-refractivity contribution in [2.75, 3.05) is 91.6 Å². The number of ether oxygens (including phenoxy) is 1. The fourth-order valence-corrected chi connectivity index (χ4v) is 8.75. The number of ketones is 2. The molecule has 2 aromatic rings. The zero-order chi connectivity index (χ0) is 40.0. The van der Waals surface area contributed by atoms with Crippen LogP contribution in [0.5, 0.6) is 0 Å². The number of benzene rings is 2. The third-order valence-electron chi connectivity index (χ3n) is 12.6. The molecule has 0 spiro atoms. The summed E-state index contributed by atoms with van der Waals surface area (Å²) in [5, 5.41) is 6.70. The molecule has 0 radical (unpaired) electrons. The van der Waals surface area contributed by atoms with E-state index in [1.807, 2.05) is 48.5 Å². The minimum Gasteiger partial charge on any atom is -0.375 e. The maximum atomic E-state index is 12.8. The number of nitrogens with zero attached hydrogens (tertiary/aromatic N) is 4. The van der Waals surface area contributed by atoms with E-state index in [0.29, 0.717) is 25.3 Å². The van der Waals surface area contributed by atoms with Crippen LogP contribution >= 0.6 is 0 Å². The highest BCUT2D eigenvalue weighted by Crippen LogP contribution is 2.22. The van der Waals surface area contributed by atoms with E-state index in [1.54, 1.807) is 0 Å². The minimum atomic E-state index is -0.189. The summed E-state index contributed by atoms with van der Waals surface area (Å²) in [5.74, 6) is -0.160. The van der Waals surface area contributed by atoms with Crippen LogP contribution in [-0.2, 0) is 27.4 Å². The predicted molar refractivity (Wildman–Crippen MR) is 222 cm³/mol. The number of hydrogen-bond donors (Lipinski definition) is 4. The van der Waals surface area contributed by atoms with Gasteiger partial charge in [-0.2, -0.15) is 0 Å². The third kappa shape index (κ3) is 13.8. The van der Waals surface area contributed by atoms with Crippen molar-refractivity contribution < 1.29 is 23.9 Å². The number of hydrogen-bond acceptors (Lipinski definition) is 11. The molecule has 4 heterocycles. The summed E-state index contributed by atoms with van der Waals surface area (Å²) in [6.45, 7) is 13.3. The van der Waals surface area contributed by atoms with Gasteiger partial charge in [-0.1, -0.05) is 48.5 Å². The molecule has 4 aliphatic heterocycles. The lowest BCUT2D eigenvalue weighted by Gasteiger charge is -2.37. The number of likely N-dealkylation sites (tertiary alicyclic amines) is 4. The van der Waals surface area contributed by atoms with Gasteiger partial charge in [0.1, 0.15) is 0 Å². The summed E-state index contributed by atoms with van der Waals surface area (Å²) in [7, 11) is 0. The number of carbonyl (C=O) groups is 4. The van der Waals surface area contributed by atoms with E-state index in [-0.39, 0.29) is 35.2 Å². The molecule has 4 saturated heterocycles. The fourth-order valence-electron chi connectivity index (χ4n) is 8.75. The van der Waals surface area contributed by atoms with Gasteiger partial charge in [-0.25, -0.2) is 0 Å². The first kappa shape index (κ1) is 43.0. The summed E-state index contributed by atoms with van der Waals surface area (Å²) in [5.41, 5.74) is 14.7. The van der Waals surface area contributed by atoms with Crippen molar-refractivity contribution in [2.24, 2.45) is 23.3 Å². The van der Waals surface area contributed by atoms with Crippen molar-refractivity contribution in [1.29, 1.82) is 0 Å². The van der Waals surface area contributed by atoms with Crippen molar-refractivity contribution >= 4 is 23.4 Å². The highest BCUT2D eigenvalue weighted by atomic mass is 16.5. The number of piperidine rings is 4. The average molecular weight is 787 g/mol. The molecular weight excluding hydrogens is 721 g/mol. The van der Waals surface area contributed by atoms with Crippen LogP contribution in [0, 0.1) is 11.8 Å². The number of amides is 2. The van der Waals surface area contributed by atoms with E-state index in [4.69, 9.17) is 16.2 Å². The molecule has 0 bridgehead atoms. The van der Waals surface area contributed by atoms with Gasteiger partial charge in [-0.15, -0.1) is 0 Å². The molecule has 13 nitrogen and oxygen atoms in total. The zero-order valence-electron chi connectivity index (χ0n) is 33.9. The Kier molecular flexibility index (Phi) is 16.6. The number of nitrogens with one attached hydrogen (secondary N) is 2. The smallest absolute Gasteiger partial charge is 0.220 e. The van der Waals surface area contributed by atoms with Crippen molar-refractivity contribution in [1.82, 2.24) is 30.2 Å². The molecule has 0 saturated carbocycles. The highest BCUT2D eigenvalue weighted by molar-refractivity contribution is 5.98. The summed E-state index contributed by atoms with van der Waals surface area (Å²) in [6.07, 6.45) is 8.11. The van der Waals surface area contributed by atoms with E-state index in [2.05, 4.69) is 30.2 Å². The molecule has 0 unspecified atom stereocenters. The Bertz CT molecular complexity index is 1460. The molecule has 0 aromatic heterocycles. The summed E-state index contributed by atoms with van der Waals surface area (Å²) in [4.78, 5) is 58.0. The molecule has 312 valence electrons. The Labute approximate surface area is 339 Å². The Balaban J connectivity index is 0.760. The number of rotatable bonds is 20. The highest BCUT2D eigenvalue weighted by Gasteiger charge is 2.27. The van der Waals surface area contributed by atoms with Gasteiger partial charge in [-0.05, 0) is 88.7 Å². The van der Waals surface area contributed by atoms with Crippen LogP contribution in [0.3, 0.4) is 0 Å². The van der Waals surface area contributed by atoms with E-state index in [9.17, 15) is 19.2 Å². The monoisotopic (exact) mass is 787 g/mol. The van der Waals surface area contributed by atoms with Crippen LogP contribution in [-0.4, -0.2) is 147 Å². The van der Waals surface area contributed by atoms with E-state index < -0.39 is 0 Å². The quantitative estimate of drug-likeness (QED) is 0.115. The molecule has 0 aliphatic carbocycles. The fraction of sp³-hybridized carbons (Fsp3) is 0.636. The van der Waals surface area contributed by atoms with Crippen LogP contribution in [0.4, 0.5) is 0 Å². The van der Waals surface area contributed by atoms with Gasteiger partial charge >= 0.3 is 0 Å². The van der Waals surface area contributed by atoms with Gasteiger partial charge < -0.3 is 36.6 Å². The second-order valence-electron chi connectivity index (χ2n) is 16.7. The van der Waals surface area contributed by atoms with E-state index >= 15 is 0 Å². The molecule has 6 N–H and O–H groups in total. The second kappa shape index (κ2) is 22.0. The van der Waals surface area contributed by atoms with Crippen LogP contribution in [0.2, 0.25) is 0 Å². The molecule has 4 fully saturated rings. The lowest BCUT2D eigenvalue weighted by Crippen LogP contribution is -2.44. The first-order valence-electron chi connectivity index (χ1n) is 21.5. The summed E-state index contributed by atoms with van der Waals surface area (Å²) in [6, 6.07) is 15.9. The van der Waals surface area contributed by atoms with Crippen molar-refractivity contribution in [3.05, 3.63) is 70.8 Å². The van der Waals surface area contributed by atoms with Crippen LogP contribution in [0.1, 0.15) is 83.2 Å². The minimum absolute atomic E-state index is 0.00189. The van der Waals surface area contributed by atoms with E-state index in [0.717, 1.165) is 154 Å². The first-order valence-corrected chi connectivity index (χ1v) is 21.5. The number of primary amides is 2. The van der Waals surface area contributed by atoms with Crippen LogP contribution in [0.15, 0.2) is 48.5 Å². The molecular formula is C44H66N8O5. The molecule has 57 heavy (non-hydrogen) atoms. The van der Waals surface area contributed by atoms with Gasteiger partial charge in [0.2, 0.25) is 11.8 Å². The number of carbonyl (C=O) groups excluding carboxylic acids is 4. The zero-order valence-corrected chi connectivity index (χ0v) is 33.9. The van der Waals surface area contributed by atoms with Gasteiger partial charge in [0.15, 0.2) is 11.6 Å². The first-order chi connectivity index (χ1) is 27.7.